The summed E-state index contributed by atoms with van der Waals surface area (Å²) in [6, 6.07) is 14.5. The molecule has 3 aromatic rings. The lowest BCUT2D eigenvalue weighted by Gasteiger charge is -2.14. The van der Waals surface area contributed by atoms with E-state index in [1.54, 1.807) is 29.9 Å². The lowest BCUT2D eigenvalue weighted by Crippen LogP contribution is -2.23. The molecule has 27 heavy (non-hydrogen) atoms. The number of alkyl carbamates (subject to hydrolysis) is 1. The van der Waals surface area contributed by atoms with Gasteiger partial charge in [-0.2, -0.15) is 0 Å². The van der Waals surface area contributed by atoms with E-state index < -0.39 is 6.09 Å². The number of carbonyl (C=O) groups is 1. The van der Waals surface area contributed by atoms with Gasteiger partial charge in [-0.15, -0.1) is 0 Å². The zero-order chi connectivity index (χ0) is 18.8. The zero-order valence-corrected chi connectivity index (χ0v) is 15.4. The van der Waals surface area contributed by atoms with Crippen molar-refractivity contribution < 1.29 is 14.3 Å². The van der Waals surface area contributed by atoms with Crippen LogP contribution in [0.15, 0.2) is 58.5 Å². The molecule has 1 amide bonds. The molecule has 0 spiro atoms. The number of nitrogens with zero attached hydrogens (tertiary/aromatic N) is 2. The fourth-order valence-electron chi connectivity index (χ4n) is 2.86. The van der Waals surface area contributed by atoms with Crippen molar-refractivity contribution >= 4 is 28.8 Å². The van der Waals surface area contributed by atoms with E-state index in [2.05, 4.69) is 10.3 Å². The van der Waals surface area contributed by atoms with E-state index in [9.17, 15) is 9.59 Å². The molecule has 0 bridgehead atoms. The second-order valence-corrected chi connectivity index (χ2v) is 6.96. The number of cyclic esters (lactones) is 1. The number of benzene rings is 2. The first-order chi connectivity index (χ1) is 13.2. The van der Waals surface area contributed by atoms with E-state index in [0.29, 0.717) is 39.8 Å². The van der Waals surface area contributed by atoms with E-state index in [4.69, 9.17) is 9.47 Å². The molecule has 2 heterocycles. The topological polar surface area (TPSA) is 82.4 Å². The molecule has 0 unspecified atom stereocenters. The van der Waals surface area contributed by atoms with Crippen LogP contribution in [0.4, 0.5) is 4.79 Å². The summed E-state index contributed by atoms with van der Waals surface area (Å²) in [6.07, 6.45) is -0.671. The van der Waals surface area contributed by atoms with Crippen LogP contribution in [-0.4, -0.2) is 41.2 Å². The molecule has 1 aliphatic heterocycles. The average Bonchev–Trinajstić information content (AvgIpc) is 3.12. The summed E-state index contributed by atoms with van der Waals surface area (Å²) in [7, 11) is 1.59. The number of methoxy groups -OCH3 is 1. The molecule has 1 aliphatic rings. The monoisotopic (exact) mass is 383 g/mol. The van der Waals surface area contributed by atoms with Gasteiger partial charge in [0, 0.05) is 5.75 Å². The van der Waals surface area contributed by atoms with E-state index in [1.165, 1.54) is 11.8 Å². The molecule has 1 saturated heterocycles. The molecular formula is C19H17N3O4S. The van der Waals surface area contributed by atoms with Gasteiger partial charge in [0.25, 0.3) is 5.56 Å². The smallest absolute Gasteiger partial charge is 0.407 e. The molecule has 2 aromatic carbocycles. The minimum absolute atomic E-state index is 0.144. The Labute approximate surface area is 159 Å². The quantitative estimate of drug-likeness (QED) is 0.539. The Balaban J connectivity index is 1.77. The van der Waals surface area contributed by atoms with E-state index in [1.807, 2.05) is 30.3 Å². The third-order valence-electron chi connectivity index (χ3n) is 4.22. The Bertz CT molecular complexity index is 1050. The first-order valence-electron chi connectivity index (χ1n) is 8.39. The molecule has 8 heteroatoms. The summed E-state index contributed by atoms with van der Waals surface area (Å²) < 4.78 is 12.0. The summed E-state index contributed by atoms with van der Waals surface area (Å²) in [5, 5.41) is 3.72. The maximum absolute atomic E-state index is 13.1. The number of hydrogen-bond acceptors (Lipinski definition) is 6. The van der Waals surface area contributed by atoms with Crippen molar-refractivity contribution in [2.75, 3.05) is 19.4 Å². The molecule has 0 aliphatic carbocycles. The SMILES string of the molecule is COc1ccc(-n2c(SC[C@H]3CNC(=O)O3)nc3ccccc3c2=O)cc1. The Kier molecular flexibility index (Phi) is 4.72. The van der Waals surface area contributed by atoms with Crippen molar-refractivity contribution in [2.45, 2.75) is 11.3 Å². The third-order valence-corrected chi connectivity index (χ3v) is 5.29. The Morgan fingerprint density at radius 1 is 1.22 bits per heavy atom. The van der Waals surface area contributed by atoms with Crippen molar-refractivity contribution in [3.63, 3.8) is 0 Å². The first kappa shape index (κ1) is 17.4. The fourth-order valence-corrected chi connectivity index (χ4v) is 3.86. The molecule has 1 fully saturated rings. The van der Waals surface area contributed by atoms with E-state index in [-0.39, 0.29) is 11.7 Å². The predicted octanol–water partition coefficient (Wildman–Crippen LogP) is 2.59. The number of thioether (sulfide) groups is 1. The highest BCUT2D eigenvalue weighted by atomic mass is 32.2. The second-order valence-electron chi connectivity index (χ2n) is 5.97. The van der Waals surface area contributed by atoms with Crippen LogP contribution in [0.25, 0.3) is 16.6 Å². The van der Waals surface area contributed by atoms with Gasteiger partial charge in [0.05, 0.1) is 30.2 Å². The number of fused-ring (bicyclic) bond motifs is 1. The summed E-state index contributed by atoms with van der Waals surface area (Å²) in [5.74, 6) is 1.21. The summed E-state index contributed by atoms with van der Waals surface area (Å²) >= 11 is 1.38. The first-order valence-corrected chi connectivity index (χ1v) is 9.38. The molecular weight excluding hydrogens is 366 g/mol. The molecule has 0 saturated carbocycles. The van der Waals surface area contributed by atoms with Crippen LogP contribution in [0.2, 0.25) is 0 Å². The number of carbonyl (C=O) groups excluding carboxylic acids is 1. The Hall–Kier alpha value is -3.00. The van der Waals surface area contributed by atoms with Gasteiger partial charge < -0.3 is 14.8 Å². The normalized spacial score (nSPS) is 16.2. The van der Waals surface area contributed by atoms with Crippen molar-refractivity contribution in [2.24, 2.45) is 0 Å². The van der Waals surface area contributed by atoms with Crippen molar-refractivity contribution in [1.82, 2.24) is 14.9 Å². The highest BCUT2D eigenvalue weighted by Crippen LogP contribution is 2.24. The molecule has 0 radical (unpaired) electrons. The Morgan fingerprint density at radius 3 is 2.70 bits per heavy atom. The summed E-state index contributed by atoms with van der Waals surface area (Å²) in [4.78, 5) is 29.0. The standard InChI is InChI=1S/C19H17N3O4S/c1-25-13-8-6-12(7-9-13)22-17(23)15-4-2-3-5-16(15)21-18(22)27-11-14-10-20-19(24)26-14/h2-9,14H,10-11H2,1H3,(H,20,24)/t14-/m1/s1. The number of hydrogen-bond donors (Lipinski definition) is 1. The minimum atomic E-state index is -0.417. The molecule has 1 aromatic heterocycles. The number of para-hydroxylation sites is 1. The van der Waals surface area contributed by atoms with Crippen LogP contribution in [0, 0.1) is 0 Å². The van der Waals surface area contributed by atoms with Crippen LogP contribution < -0.4 is 15.6 Å². The summed E-state index contributed by atoms with van der Waals surface area (Å²) in [6.45, 7) is 0.451. The maximum atomic E-state index is 13.1. The highest BCUT2D eigenvalue weighted by Gasteiger charge is 2.24. The van der Waals surface area contributed by atoms with Gasteiger partial charge in [0.1, 0.15) is 11.9 Å². The number of aromatic nitrogens is 2. The Morgan fingerprint density at radius 2 is 2.00 bits per heavy atom. The van der Waals surface area contributed by atoms with Gasteiger partial charge in [-0.05, 0) is 36.4 Å². The van der Waals surface area contributed by atoms with Crippen LogP contribution in [0.5, 0.6) is 5.75 Å². The number of ether oxygens (including phenoxy) is 2. The van der Waals surface area contributed by atoms with Crippen LogP contribution in [0.3, 0.4) is 0 Å². The number of nitrogens with one attached hydrogen (secondary N) is 1. The van der Waals surface area contributed by atoms with Gasteiger partial charge in [-0.1, -0.05) is 23.9 Å². The molecule has 1 N–H and O–H groups in total. The molecule has 1 atom stereocenters. The largest absolute Gasteiger partial charge is 0.497 e. The average molecular weight is 383 g/mol. The van der Waals surface area contributed by atoms with Gasteiger partial charge in [-0.25, -0.2) is 9.78 Å². The second kappa shape index (κ2) is 7.32. The fraction of sp³-hybridized carbons (Fsp3) is 0.211. The van der Waals surface area contributed by atoms with E-state index in [0.717, 1.165) is 0 Å². The highest BCUT2D eigenvalue weighted by molar-refractivity contribution is 7.99. The third kappa shape index (κ3) is 3.48. The summed E-state index contributed by atoms with van der Waals surface area (Å²) in [5.41, 5.74) is 1.19. The van der Waals surface area contributed by atoms with Gasteiger partial charge in [-0.3, -0.25) is 9.36 Å². The van der Waals surface area contributed by atoms with Gasteiger partial charge in [0.15, 0.2) is 5.16 Å². The van der Waals surface area contributed by atoms with Crippen molar-refractivity contribution in [3.05, 3.63) is 58.9 Å². The lowest BCUT2D eigenvalue weighted by atomic mass is 10.2. The number of amides is 1. The van der Waals surface area contributed by atoms with Gasteiger partial charge in [0.2, 0.25) is 0 Å². The lowest BCUT2D eigenvalue weighted by molar-refractivity contribution is 0.150. The van der Waals surface area contributed by atoms with E-state index >= 15 is 0 Å². The van der Waals surface area contributed by atoms with Crippen molar-refractivity contribution in [1.29, 1.82) is 0 Å². The maximum Gasteiger partial charge on any atom is 0.407 e. The number of rotatable bonds is 5. The zero-order valence-electron chi connectivity index (χ0n) is 14.5. The van der Waals surface area contributed by atoms with Crippen LogP contribution in [-0.2, 0) is 4.74 Å². The molecule has 7 nitrogen and oxygen atoms in total. The van der Waals surface area contributed by atoms with Crippen LogP contribution >= 0.6 is 11.8 Å². The van der Waals surface area contributed by atoms with Gasteiger partial charge >= 0.3 is 6.09 Å². The van der Waals surface area contributed by atoms with Crippen LogP contribution in [0.1, 0.15) is 0 Å². The van der Waals surface area contributed by atoms with Crippen molar-refractivity contribution in [3.8, 4) is 11.4 Å². The predicted molar refractivity (Wildman–Crippen MR) is 103 cm³/mol. The molecule has 138 valence electrons. The minimum Gasteiger partial charge on any atom is -0.497 e. The molecule has 4 rings (SSSR count).